The molecule has 1 saturated heterocycles. The summed E-state index contributed by atoms with van der Waals surface area (Å²) in [5, 5.41) is 0. The zero-order chi connectivity index (χ0) is 26.9. The number of unbranched alkanes of at least 4 members (excludes halogenated alkanes) is 1. The summed E-state index contributed by atoms with van der Waals surface area (Å²) in [6, 6.07) is 18.8. The predicted octanol–water partition coefficient (Wildman–Crippen LogP) is 6.78. The highest BCUT2D eigenvalue weighted by Gasteiger charge is 2.51. The third kappa shape index (κ3) is 6.88. The molecule has 0 aliphatic carbocycles. The first kappa shape index (κ1) is 28.6. The van der Waals surface area contributed by atoms with Crippen LogP contribution in [0.5, 0.6) is 0 Å². The Bertz CT molecular complexity index is 1040. The van der Waals surface area contributed by atoms with Gasteiger partial charge in [-0.05, 0) is 68.1 Å². The number of nitrogens with zero attached hydrogens (tertiary/aromatic N) is 1. The lowest BCUT2D eigenvalue weighted by Gasteiger charge is -2.45. The van der Waals surface area contributed by atoms with Crippen molar-refractivity contribution in [3.8, 4) is 11.1 Å². The zero-order valence-corrected chi connectivity index (χ0v) is 23.1. The number of ketones is 1. The number of esters is 1. The largest absolute Gasteiger partial charge is 0.464 e. The molecular weight excluding hydrogens is 462 g/mol. The number of ether oxygens (including phenoxy) is 1. The van der Waals surface area contributed by atoms with E-state index in [1.54, 1.807) is 18.7 Å². The van der Waals surface area contributed by atoms with Crippen molar-refractivity contribution in [3.05, 3.63) is 60.2 Å². The summed E-state index contributed by atoms with van der Waals surface area (Å²) in [7, 11) is 0. The topological polar surface area (TPSA) is 63.7 Å². The van der Waals surface area contributed by atoms with Crippen molar-refractivity contribution in [2.45, 2.75) is 91.0 Å². The molecule has 2 aromatic carbocycles. The van der Waals surface area contributed by atoms with Crippen LogP contribution in [0.1, 0.15) is 84.6 Å². The van der Waals surface area contributed by atoms with E-state index in [0.717, 1.165) is 38.5 Å². The number of likely N-dealkylation sites (tertiary alicyclic amines) is 1. The highest BCUT2D eigenvalue weighted by atomic mass is 16.5. The van der Waals surface area contributed by atoms with Crippen LogP contribution in [0.15, 0.2) is 54.6 Å². The molecule has 0 aromatic heterocycles. The molecular formula is C32H43NO4. The van der Waals surface area contributed by atoms with Gasteiger partial charge in [0.2, 0.25) is 5.78 Å². The minimum absolute atomic E-state index is 0.342. The third-order valence-electron chi connectivity index (χ3n) is 7.90. The first-order valence-corrected chi connectivity index (χ1v) is 13.9. The molecule has 0 saturated carbocycles. The minimum Gasteiger partial charge on any atom is -0.464 e. The van der Waals surface area contributed by atoms with Gasteiger partial charge in [0.05, 0.1) is 6.61 Å². The normalized spacial score (nSPS) is 17.9. The van der Waals surface area contributed by atoms with Crippen LogP contribution in [-0.2, 0) is 25.5 Å². The summed E-state index contributed by atoms with van der Waals surface area (Å²) in [6.07, 6.45) is 6.44. The number of rotatable bonds is 12. The van der Waals surface area contributed by atoms with Gasteiger partial charge in [-0.2, -0.15) is 0 Å². The number of carbonyl (C=O) groups is 3. The summed E-state index contributed by atoms with van der Waals surface area (Å²) in [4.78, 5) is 41.8. The van der Waals surface area contributed by atoms with E-state index in [-0.39, 0.29) is 5.97 Å². The second kappa shape index (κ2) is 13.0. The lowest BCUT2D eigenvalue weighted by molar-refractivity contribution is -0.171. The molecule has 37 heavy (non-hydrogen) atoms. The van der Waals surface area contributed by atoms with Crippen LogP contribution in [0.4, 0.5) is 0 Å². The van der Waals surface area contributed by atoms with Gasteiger partial charge < -0.3 is 9.64 Å². The van der Waals surface area contributed by atoms with Crippen LogP contribution in [-0.4, -0.2) is 41.3 Å². The van der Waals surface area contributed by atoms with E-state index in [4.69, 9.17) is 4.74 Å². The van der Waals surface area contributed by atoms with Crippen LogP contribution < -0.4 is 0 Å². The molecule has 1 fully saturated rings. The van der Waals surface area contributed by atoms with Gasteiger partial charge in [0, 0.05) is 12.0 Å². The van der Waals surface area contributed by atoms with Crippen molar-refractivity contribution >= 4 is 17.7 Å². The van der Waals surface area contributed by atoms with Crippen molar-refractivity contribution in [1.82, 2.24) is 4.90 Å². The molecule has 0 radical (unpaired) electrons. The lowest BCUT2D eigenvalue weighted by atomic mass is 9.79. The molecule has 1 aliphatic rings. The molecule has 0 N–H and O–H groups in total. The summed E-state index contributed by atoms with van der Waals surface area (Å²) in [6.45, 7) is 8.33. The molecule has 1 atom stereocenters. The fraction of sp³-hybridized carbons (Fsp3) is 0.531. The first-order valence-electron chi connectivity index (χ1n) is 13.9. The van der Waals surface area contributed by atoms with Crippen LogP contribution in [0.2, 0.25) is 0 Å². The number of carbonyl (C=O) groups excluding carboxylic acids is 3. The van der Waals surface area contributed by atoms with E-state index in [0.29, 0.717) is 32.4 Å². The Morgan fingerprint density at radius 1 is 0.919 bits per heavy atom. The van der Waals surface area contributed by atoms with Crippen molar-refractivity contribution in [2.75, 3.05) is 13.2 Å². The number of hydrogen-bond donors (Lipinski definition) is 0. The Hall–Kier alpha value is -2.95. The molecule has 5 nitrogen and oxygen atoms in total. The maximum absolute atomic E-state index is 13.6. The first-order chi connectivity index (χ1) is 17.7. The fourth-order valence-electron chi connectivity index (χ4n) is 5.00. The van der Waals surface area contributed by atoms with Crippen molar-refractivity contribution < 1.29 is 19.1 Å². The molecule has 1 aliphatic heterocycles. The van der Waals surface area contributed by atoms with Crippen LogP contribution in [0, 0.1) is 5.41 Å². The maximum atomic E-state index is 13.6. The third-order valence-corrected chi connectivity index (χ3v) is 7.90. The molecule has 0 spiro atoms. The fourth-order valence-corrected chi connectivity index (χ4v) is 5.00. The van der Waals surface area contributed by atoms with E-state index in [1.165, 1.54) is 16.7 Å². The van der Waals surface area contributed by atoms with E-state index < -0.39 is 22.6 Å². The molecule has 1 unspecified atom stereocenters. The Labute approximate surface area is 222 Å². The highest BCUT2D eigenvalue weighted by molar-refractivity contribution is 6.38. The molecule has 0 bridgehead atoms. The van der Waals surface area contributed by atoms with E-state index in [2.05, 4.69) is 43.3 Å². The number of amides is 1. The predicted molar refractivity (Wildman–Crippen MR) is 148 cm³/mol. The second-order valence-electron chi connectivity index (χ2n) is 10.9. The van der Waals surface area contributed by atoms with Crippen LogP contribution in [0.25, 0.3) is 11.1 Å². The van der Waals surface area contributed by atoms with Crippen LogP contribution in [0.3, 0.4) is 0 Å². The van der Waals surface area contributed by atoms with Gasteiger partial charge in [0.15, 0.2) is 0 Å². The quantitative estimate of drug-likeness (QED) is 0.181. The highest BCUT2D eigenvalue weighted by Crippen LogP contribution is 2.36. The monoisotopic (exact) mass is 505 g/mol. The summed E-state index contributed by atoms with van der Waals surface area (Å²) in [5.41, 5.74) is 1.70. The van der Waals surface area contributed by atoms with Gasteiger partial charge in [0.1, 0.15) is 5.54 Å². The molecule has 1 heterocycles. The lowest BCUT2D eigenvalue weighted by Crippen LogP contribution is -2.62. The van der Waals surface area contributed by atoms with Crippen LogP contribution >= 0.6 is 0 Å². The Balaban J connectivity index is 1.79. The molecule has 1 amide bonds. The summed E-state index contributed by atoms with van der Waals surface area (Å²) >= 11 is 0. The molecule has 200 valence electrons. The second-order valence-corrected chi connectivity index (χ2v) is 10.9. The van der Waals surface area contributed by atoms with Crippen molar-refractivity contribution in [1.29, 1.82) is 0 Å². The van der Waals surface area contributed by atoms with Crippen molar-refractivity contribution in [2.24, 2.45) is 5.41 Å². The number of aryl methyl sites for hydroxylation is 1. The Morgan fingerprint density at radius 3 is 2.24 bits per heavy atom. The minimum atomic E-state index is -1.08. The van der Waals surface area contributed by atoms with E-state index in [9.17, 15) is 14.4 Å². The van der Waals surface area contributed by atoms with Gasteiger partial charge in [-0.1, -0.05) is 88.7 Å². The zero-order valence-electron chi connectivity index (χ0n) is 23.1. The standard InChI is InChI=1S/C32H43NO4/c1-5-7-24-37-30(36)32(21-11-12-23-33(32)29(35)28(34)31(3,4)6-2)22-13-14-25-17-19-27(20-18-25)26-15-9-8-10-16-26/h8-10,15-20H,5-7,11-14,21-24H2,1-4H3. The Kier molecular flexibility index (Phi) is 10.1. The maximum Gasteiger partial charge on any atom is 0.332 e. The van der Waals surface area contributed by atoms with Gasteiger partial charge in [0.25, 0.3) is 5.91 Å². The van der Waals surface area contributed by atoms with E-state index in [1.807, 2.05) is 25.1 Å². The average Bonchev–Trinajstić information content (AvgIpc) is 2.93. The Morgan fingerprint density at radius 2 is 1.59 bits per heavy atom. The number of benzene rings is 2. The van der Waals surface area contributed by atoms with E-state index >= 15 is 0 Å². The SMILES string of the molecule is CCCCOC(=O)C1(CCCc2ccc(-c3ccccc3)cc2)CCCCN1C(=O)C(=O)C(C)(C)CC. The number of piperidine rings is 1. The summed E-state index contributed by atoms with van der Waals surface area (Å²) in [5.74, 6) is -1.30. The van der Waals surface area contributed by atoms with Gasteiger partial charge in [-0.3, -0.25) is 9.59 Å². The van der Waals surface area contributed by atoms with Gasteiger partial charge in [-0.15, -0.1) is 0 Å². The van der Waals surface area contributed by atoms with Gasteiger partial charge in [-0.25, -0.2) is 4.79 Å². The van der Waals surface area contributed by atoms with Gasteiger partial charge >= 0.3 is 5.97 Å². The molecule has 5 heteroatoms. The van der Waals surface area contributed by atoms with Crippen molar-refractivity contribution in [3.63, 3.8) is 0 Å². The summed E-state index contributed by atoms with van der Waals surface area (Å²) < 4.78 is 5.72. The number of hydrogen-bond acceptors (Lipinski definition) is 4. The number of Topliss-reactive ketones (excluding diaryl/α,β-unsaturated/α-hetero) is 1. The average molecular weight is 506 g/mol. The molecule has 2 aromatic rings. The smallest absolute Gasteiger partial charge is 0.332 e. The molecule has 3 rings (SSSR count).